The van der Waals surface area contributed by atoms with Crippen molar-refractivity contribution in [3.63, 3.8) is 0 Å². The summed E-state index contributed by atoms with van der Waals surface area (Å²) < 4.78 is 10.1. The van der Waals surface area contributed by atoms with Gasteiger partial charge in [-0.2, -0.15) is 0 Å². The number of hydrogen-bond acceptors (Lipinski definition) is 4. The number of nitrogens with zero attached hydrogens (tertiary/aromatic N) is 1. The fourth-order valence-electron chi connectivity index (χ4n) is 1.52. The van der Waals surface area contributed by atoms with Gasteiger partial charge in [0.25, 0.3) is 0 Å². The number of ether oxygens (including phenoxy) is 2. The molecule has 0 radical (unpaired) electrons. The van der Waals surface area contributed by atoms with Crippen LogP contribution in [-0.2, 0) is 20.9 Å². The van der Waals surface area contributed by atoms with Gasteiger partial charge < -0.3 is 9.47 Å². The molecule has 0 aliphatic carbocycles. The molecule has 5 heteroatoms. The van der Waals surface area contributed by atoms with Gasteiger partial charge in [0.1, 0.15) is 13.2 Å². The second-order valence-corrected chi connectivity index (χ2v) is 4.32. The quantitative estimate of drug-likeness (QED) is 0.570. The zero-order valence-electron chi connectivity index (χ0n) is 12.1. The molecule has 0 N–H and O–H groups in total. The van der Waals surface area contributed by atoms with E-state index in [9.17, 15) is 9.59 Å². The molecular weight excluding hydrogens is 270 g/mol. The molecule has 1 amide bonds. The summed E-state index contributed by atoms with van der Waals surface area (Å²) in [5, 5.41) is 0. The lowest BCUT2D eigenvalue weighted by Crippen LogP contribution is -2.37. The Hall–Kier alpha value is -2.48. The number of carbonyl (C=O) groups excluding carboxylic acids is 2. The largest absolute Gasteiger partial charge is 0.464 e. The van der Waals surface area contributed by atoms with E-state index in [2.05, 4.69) is 5.92 Å². The van der Waals surface area contributed by atoms with Crippen LogP contribution in [0.15, 0.2) is 30.3 Å². The average Bonchev–Trinajstić information content (AvgIpc) is 2.51. The van der Waals surface area contributed by atoms with Crippen LogP contribution in [0.4, 0.5) is 4.79 Å². The molecule has 0 saturated carbocycles. The van der Waals surface area contributed by atoms with Crippen molar-refractivity contribution in [3.05, 3.63) is 35.9 Å². The van der Waals surface area contributed by atoms with Gasteiger partial charge in [-0.15, -0.1) is 6.42 Å². The number of terminal acetylenes is 1. The maximum Gasteiger partial charge on any atom is 0.411 e. The molecule has 112 valence electrons. The molecule has 1 aromatic rings. The number of rotatable bonds is 7. The summed E-state index contributed by atoms with van der Waals surface area (Å²) in [6, 6.07) is 9.26. The van der Waals surface area contributed by atoms with E-state index in [1.54, 1.807) is 0 Å². The normalized spacial score (nSPS) is 9.52. The van der Waals surface area contributed by atoms with Crippen LogP contribution in [0.2, 0.25) is 0 Å². The van der Waals surface area contributed by atoms with Crippen molar-refractivity contribution in [3.8, 4) is 12.3 Å². The minimum Gasteiger partial charge on any atom is -0.464 e. The minimum absolute atomic E-state index is 0.00511. The first-order valence-electron chi connectivity index (χ1n) is 6.72. The van der Waals surface area contributed by atoms with E-state index >= 15 is 0 Å². The Morgan fingerprint density at radius 1 is 1.24 bits per heavy atom. The second kappa shape index (κ2) is 9.43. The number of esters is 1. The Morgan fingerprint density at radius 2 is 1.95 bits per heavy atom. The zero-order chi connectivity index (χ0) is 15.5. The van der Waals surface area contributed by atoms with Gasteiger partial charge in [0.05, 0.1) is 13.2 Å². The highest BCUT2D eigenvalue weighted by molar-refractivity contribution is 5.78. The Morgan fingerprint density at radius 3 is 2.57 bits per heavy atom. The van der Waals surface area contributed by atoms with Gasteiger partial charge in [-0.3, -0.25) is 9.69 Å². The first kappa shape index (κ1) is 16.6. The van der Waals surface area contributed by atoms with Crippen molar-refractivity contribution in [1.82, 2.24) is 4.90 Å². The smallest absolute Gasteiger partial charge is 0.411 e. The van der Waals surface area contributed by atoms with E-state index in [1.165, 1.54) is 0 Å². The summed E-state index contributed by atoms with van der Waals surface area (Å²) in [5.74, 6) is 1.83. The molecule has 0 unspecified atom stereocenters. The standard InChI is InChI=1S/C16H19NO4/c1-3-10-17(12-15(18)20-11-4-2)16(19)21-13-14-8-6-5-7-9-14/h1,5-9H,4,10-13H2,2H3. The first-order chi connectivity index (χ1) is 10.2. The van der Waals surface area contributed by atoms with E-state index in [0.29, 0.717) is 6.61 Å². The summed E-state index contributed by atoms with van der Waals surface area (Å²) in [6.07, 6.45) is 5.29. The van der Waals surface area contributed by atoms with Gasteiger partial charge in [0.2, 0.25) is 0 Å². The van der Waals surface area contributed by atoms with Crippen molar-refractivity contribution in [2.45, 2.75) is 20.0 Å². The third-order valence-electron chi connectivity index (χ3n) is 2.53. The molecule has 0 fully saturated rings. The van der Waals surface area contributed by atoms with Gasteiger partial charge >= 0.3 is 12.1 Å². The molecule has 5 nitrogen and oxygen atoms in total. The van der Waals surface area contributed by atoms with Crippen LogP contribution in [-0.4, -0.2) is 36.7 Å². The molecule has 21 heavy (non-hydrogen) atoms. The summed E-state index contributed by atoms with van der Waals surface area (Å²) in [6.45, 7) is 2.12. The minimum atomic E-state index is -0.634. The maximum absolute atomic E-state index is 11.9. The highest BCUT2D eigenvalue weighted by Crippen LogP contribution is 2.03. The highest BCUT2D eigenvalue weighted by Gasteiger charge is 2.18. The third kappa shape index (κ3) is 6.48. The Kier molecular flexibility index (Phi) is 7.44. The summed E-state index contributed by atoms with van der Waals surface area (Å²) in [7, 11) is 0. The fourth-order valence-corrected chi connectivity index (χ4v) is 1.52. The number of amides is 1. The van der Waals surface area contributed by atoms with E-state index in [0.717, 1.165) is 16.9 Å². The van der Waals surface area contributed by atoms with Gasteiger partial charge in [-0.05, 0) is 12.0 Å². The SMILES string of the molecule is C#CCN(CC(=O)OCCC)C(=O)OCc1ccccc1. The van der Waals surface area contributed by atoms with Gasteiger partial charge in [0, 0.05) is 0 Å². The van der Waals surface area contributed by atoms with Crippen molar-refractivity contribution in [2.75, 3.05) is 19.7 Å². The lowest BCUT2D eigenvalue weighted by atomic mass is 10.2. The number of benzene rings is 1. The third-order valence-corrected chi connectivity index (χ3v) is 2.53. The molecule has 1 aromatic carbocycles. The van der Waals surface area contributed by atoms with Gasteiger partial charge in [-0.25, -0.2) is 4.79 Å². The van der Waals surface area contributed by atoms with Crippen LogP contribution < -0.4 is 0 Å². The van der Waals surface area contributed by atoms with Crippen LogP contribution in [0, 0.1) is 12.3 Å². The van der Waals surface area contributed by atoms with Crippen LogP contribution in [0.3, 0.4) is 0 Å². The average molecular weight is 289 g/mol. The Labute approximate surface area is 124 Å². The molecule has 0 bridgehead atoms. The van der Waals surface area contributed by atoms with Crippen molar-refractivity contribution in [2.24, 2.45) is 0 Å². The second-order valence-electron chi connectivity index (χ2n) is 4.32. The predicted molar refractivity (Wildman–Crippen MR) is 78.3 cm³/mol. The number of hydrogen-bond donors (Lipinski definition) is 0. The van der Waals surface area contributed by atoms with Crippen LogP contribution in [0.25, 0.3) is 0 Å². The zero-order valence-corrected chi connectivity index (χ0v) is 12.1. The summed E-state index contributed by atoms with van der Waals surface area (Å²) >= 11 is 0. The van der Waals surface area contributed by atoms with E-state index in [1.807, 2.05) is 37.3 Å². The Bertz CT molecular complexity index is 493. The highest BCUT2D eigenvalue weighted by atomic mass is 16.6. The lowest BCUT2D eigenvalue weighted by molar-refractivity contribution is -0.144. The van der Waals surface area contributed by atoms with Gasteiger partial charge in [0.15, 0.2) is 0 Å². The molecule has 0 atom stereocenters. The first-order valence-corrected chi connectivity index (χ1v) is 6.72. The maximum atomic E-state index is 11.9. The number of carbonyl (C=O) groups is 2. The van der Waals surface area contributed by atoms with E-state index in [-0.39, 0.29) is 19.7 Å². The van der Waals surface area contributed by atoms with Crippen LogP contribution >= 0.6 is 0 Å². The van der Waals surface area contributed by atoms with E-state index < -0.39 is 12.1 Å². The molecule has 0 aliphatic heterocycles. The molecule has 0 spiro atoms. The molecule has 1 rings (SSSR count). The van der Waals surface area contributed by atoms with Crippen LogP contribution in [0.5, 0.6) is 0 Å². The monoisotopic (exact) mass is 289 g/mol. The molecule has 0 aliphatic rings. The molecule has 0 heterocycles. The molecular formula is C16H19NO4. The van der Waals surface area contributed by atoms with Crippen molar-refractivity contribution < 1.29 is 19.1 Å². The van der Waals surface area contributed by atoms with Crippen molar-refractivity contribution >= 4 is 12.1 Å². The molecule has 0 aromatic heterocycles. The molecule has 0 saturated heterocycles. The summed E-state index contributed by atoms with van der Waals surface area (Å²) in [5.41, 5.74) is 0.861. The van der Waals surface area contributed by atoms with Gasteiger partial charge in [-0.1, -0.05) is 43.2 Å². The summed E-state index contributed by atoms with van der Waals surface area (Å²) in [4.78, 5) is 24.6. The predicted octanol–water partition coefficient (Wildman–Crippen LogP) is 2.21. The van der Waals surface area contributed by atoms with E-state index in [4.69, 9.17) is 15.9 Å². The topological polar surface area (TPSA) is 55.8 Å². The lowest BCUT2D eigenvalue weighted by Gasteiger charge is -2.18. The fraction of sp³-hybridized carbons (Fsp3) is 0.375. The van der Waals surface area contributed by atoms with Crippen molar-refractivity contribution in [1.29, 1.82) is 0 Å². The Balaban J connectivity index is 2.49. The van der Waals surface area contributed by atoms with Crippen LogP contribution in [0.1, 0.15) is 18.9 Å².